The highest BCUT2D eigenvalue weighted by Gasteiger charge is 2.35. The molecule has 0 N–H and O–H groups in total. The van der Waals surface area contributed by atoms with Crippen molar-refractivity contribution in [3.63, 3.8) is 0 Å². The van der Waals surface area contributed by atoms with Gasteiger partial charge in [-0.2, -0.15) is 17.5 Å². The Bertz CT molecular complexity index is 1030. The van der Waals surface area contributed by atoms with Gasteiger partial charge in [0.1, 0.15) is 0 Å². The number of hydrogen-bond acceptors (Lipinski definition) is 3. The van der Waals surface area contributed by atoms with Crippen LogP contribution in [-0.2, 0) is 27.5 Å². The molecule has 0 radical (unpaired) electrons. The maximum absolute atomic E-state index is 13.2. The van der Waals surface area contributed by atoms with Gasteiger partial charge in [-0.25, -0.2) is 8.42 Å². The molecule has 0 atom stereocenters. The van der Waals surface area contributed by atoms with Gasteiger partial charge in [-0.1, -0.05) is 29.8 Å². The van der Waals surface area contributed by atoms with E-state index >= 15 is 0 Å². The van der Waals surface area contributed by atoms with E-state index in [-0.39, 0.29) is 36.0 Å². The predicted octanol–water partition coefficient (Wildman–Crippen LogP) is 4.42. The summed E-state index contributed by atoms with van der Waals surface area (Å²) >= 11 is 5.81. The first-order valence-electron chi connectivity index (χ1n) is 9.66. The predicted molar refractivity (Wildman–Crippen MR) is 111 cm³/mol. The highest BCUT2D eigenvalue weighted by molar-refractivity contribution is 7.89. The molecule has 1 amide bonds. The number of sulfonamides is 1. The zero-order valence-corrected chi connectivity index (χ0v) is 18.3. The molecule has 0 aromatic heterocycles. The Morgan fingerprint density at radius 2 is 1.68 bits per heavy atom. The van der Waals surface area contributed by atoms with E-state index in [9.17, 15) is 26.4 Å². The Kier molecular flexibility index (Phi) is 6.98. The van der Waals surface area contributed by atoms with E-state index in [2.05, 4.69) is 0 Å². The number of piperidine rings is 1. The topological polar surface area (TPSA) is 57.7 Å². The molecule has 0 spiro atoms. The standard InChI is InChI=1S/C21H22ClF3N2O3S/c1-26(14-16-4-2-3-5-19(16)21(23,24)25)20(28)15-10-12-27(13-11-15)31(29,30)18-8-6-17(22)7-9-18/h2-9,15H,10-14H2,1H3. The number of hydrogen-bond donors (Lipinski definition) is 0. The molecule has 5 nitrogen and oxygen atoms in total. The highest BCUT2D eigenvalue weighted by atomic mass is 35.5. The van der Waals surface area contributed by atoms with Gasteiger partial charge in [-0.3, -0.25) is 4.79 Å². The lowest BCUT2D eigenvalue weighted by Gasteiger charge is -2.32. The third kappa shape index (κ3) is 5.39. The number of carbonyl (C=O) groups is 1. The van der Waals surface area contributed by atoms with E-state index in [1.807, 2.05) is 0 Å². The van der Waals surface area contributed by atoms with E-state index in [0.29, 0.717) is 17.9 Å². The van der Waals surface area contributed by atoms with Gasteiger partial charge in [0.2, 0.25) is 15.9 Å². The zero-order valence-electron chi connectivity index (χ0n) is 16.8. The third-order valence-corrected chi connectivity index (χ3v) is 7.53. The molecule has 0 bridgehead atoms. The summed E-state index contributed by atoms with van der Waals surface area (Å²) in [6, 6.07) is 11.0. The van der Waals surface area contributed by atoms with Crippen LogP contribution in [0.2, 0.25) is 5.02 Å². The molecule has 0 aliphatic carbocycles. The first-order chi connectivity index (χ1) is 14.5. The van der Waals surface area contributed by atoms with E-state index in [1.54, 1.807) is 0 Å². The minimum Gasteiger partial charge on any atom is -0.341 e. The van der Waals surface area contributed by atoms with Crippen LogP contribution in [-0.4, -0.2) is 43.7 Å². The molecule has 1 fully saturated rings. The lowest BCUT2D eigenvalue weighted by atomic mass is 9.96. The van der Waals surface area contributed by atoms with Crippen molar-refractivity contribution in [2.75, 3.05) is 20.1 Å². The van der Waals surface area contributed by atoms with Crippen LogP contribution in [0.15, 0.2) is 53.4 Å². The first-order valence-corrected chi connectivity index (χ1v) is 11.5. The number of benzene rings is 2. The quantitative estimate of drug-likeness (QED) is 0.644. The Morgan fingerprint density at radius 1 is 1.10 bits per heavy atom. The zero-order chi connectivity index (χ0) is 22.8. The fourth-order valence-electron chi connectivity index (χ4n) is 3.68. The lowest BCUT2D eigenvalue weighted by molar-refractivity contribution is -0.140. The molecule has 3 rings (SSSR count). The summed E-state index contributed by atoms with van der Waals surface area (Å²) in [6.07, 6.45) is -3.89. The summed E-state index contributed by atoms with van der Waals surface area (Å²) in [6.45, 7) is 0.153. The van der Waals surface area contributed by atoms with Crippen molar-refractivity contribution >= 4 is 27.5 Å². The molecule has 2 aromatic rings. The second-order valence-corrected chi connectivity index (χ2v) is 9.86. The number of amides is 1. The van der Waals surface area contributed by atoms with E-state index in [1.165, 1.54) is 58.7 Å². The van der Waals surface area contributed by atoms with Crippen LogP contribution in [0.4, 0.5) is 13.2 Å². The van der Waals surface area contributed by atoms with Crippen molar-refractivity contribution in [2.45, 2.75) is 30.5 Å². The summed E-state index contributed by atoms with van der Waals surface area (Å²) in [5.74, 6) is -0.736. The highest BCUT2D eigenvalue weighted by Crippen LogP contribution is 2.33. The molecule has 0 unspecified atom stereocenters. The van der Waals surface area contributed by atoms with Crippen LogP contribution in [0, 0.1) is 5.92 Å². The molecule has 1 heterocycles. The maximum Gasteiger partial charge on any atom is 0.416 e. The van der Waals surface area contributed by atoms with Crippen LogP contribution in [0.1, 0.15) is 24.0 Å². The van der Waals surface area contributed by atoms with Crippen LogP contribution >= 0.6 is 11.6 Å². The van der Waals surface area contributed by atoms with Crippen LogP contribution in [0.3, 0.4) is 0 Å². The van der Waals surface area contributed by atoms with Crippen molar-refractivity contribution in [1.29, 1.82) is 0 Å². The number of carbonyl (C=O) groups excluding carboxylic acids is 1. The lowest BCUT2D eigenvalue weighted by Crippen LogP contribution is -2.43. The SMILES string of the molecule is CN(Cc1ccccc1C(F)(F)F)C(=O)C1CCN(S(=O)(=O)c2ccc(Cl)cc2)CC1. The van der Waals surface area contributed by atoms with Crippen molar-refractivity contribution in [3.8, 4) is 0 Å². The van der Waals surface area contributed by atoms with Gasteiger partial charge in [0.25, 0.3) is 0 Å². The molecular formula is C21H22ClF3N2O3S. The second kappa shape index (κ2) is 9.18. The maximum atomic E-state index is 13.2. The molecule has 1 saturated heterocycles. The average Bonchev–Trinajstić information content (AvgIpc) is 2.73. The van der Waals surface area contributed by atoms with Gasteiger partial charge < -0.3 is 4.90 Å². The summed E-state index contributed by atoms with van der Waals surface area (Å²) in [7, 11) is -2.23. The minimum absolute atomic E-state index is 0.0219. The summed E-state index contributed by atoms with van der Waals surface area (Å²) in [4.78, 5) is 14.2. The van der Waals surface area contributed by atoms with E-state index < -0.39 is 27.7 Å². The number of halogens is 4. The van der Waals surface area contributed by atoms with E-state index in [0.717, 1.165) is 6.07 Å². The van der Waals surface area contributed by atoms with Gasteiger partial charge in [-0.05, 0) is 48.7 Å². The molecule has 1 aliphatic heterocycles. The molecule has 2 aromatic carbocycles. The molecule has 1 aliphatic rings. The van der Waals surface area contributed by atoms with Crippen molar-refractivity contribution in [3.05, 3.63) is 64.7 Å². The molecule has 168 valence electrons. The molecule has 31 heavy (non-hydrogen) atoms. The fraction of sp³-hybridized carbons (Fsp3) is 0.381. The summed E-state index contributed by atoms with van der Waals surface area (Å²) < 4.78 is 66.4. The van der Waals surface area contributed by atoms with Crippen molar-refractivity contribution < 1.29 is 26.4 Å². The average molecular weight is 475 g/mol. The monoisotopic (exact) mass is 474 g/mol. The summed E-state index contributed by atoms with van der Waals surface area (Å²) in [5, 5.41) is 0.429. The number of alkyl halides is 3. The second-order valence-electron chi connectivity index (χ2n) is 7.48. The molecule has 0 saturated carbocycles. The summed E-state index contributed by atoms with van der Waals surface area (Å²) in [5.41, 5.74) is -0.743. The van der Waals surface area contributed by atoms with Gasteiger partial charge in [-0.15, -0.1) is 0 Å². The molecule has 10 heteroatoms. The van der Waals surface area contributed by atoms with Crippen molar-refractivity contribution in [1.82, 2.24) is 9.21 Å². The van der Waals surface area contributed by atoms with Crippen LogP contribution in [0.5, 0.6) is 0 Å². The van der Waals surface area contributed by atoms with Crippen molar-refractivity contribution in [2.24, 2.45) is 5.92 Å². The molecular weight excluding hydrogens is 453 g/mol. The Hall–Kier alpha value is -2.10. The van der Waals surface area contributed by atoms with Gasteiger partial charge in [0, 0.05) is 37.6 Å². The minimum atomic E-state index is -4.50. The third-order valence-electron chi connectivity index (χ3n) is 5.36. The number of rotatable bonds is 5. The first kappa shape index (κ1) is 23.6. The smallest absolute Gasteiger partial charge is 0.341 e. The van der Waals surface area contributed by atoms with Crippen LogP contribution in [0.25, 0.3) is 0 Å². The number of nitrogens with zero attached hydrogens (tertiary/aromatic N) is 2. The van der Waals surface area contributed by atoms with Gasteiger partial charge in [0.15, 0.2) is 0 Å². The Balaban J connectivity index is 1.63. The van der Waals surface area contributed by atoms with E-state index in [4.69, 9.17) is 11.6 Å². The van der Waals surface area contributed by atoms with Gasteiger partial charge in [0.05, 0.1) is 10.5 Å². The Morgan fingerprint density at radius 3 is 2.26 bits per heavy atom. The normalized spacial score (nSPS) is 16.3. The Labute approximate surface area is 184 Å². The van der Waals surface area contributed by atoms with Gasteiger partial charge >= 0.3 is 6.18 Å². The van der Waals surface area contributed by atoms with Crippen LogP contribution < -0.4 is 0 Å². The fourth-order valence-corrected chi connectivity index (χ4v) is 5.27. The largest absolute Gasteiger partial charge is 0.416 e.